The number of H-pyrrole nitrogens is 1. The van der Waals surface area contributed by atoms with E-state index in [0.29, 0.717) is 17.5 Å². The number of ether oxygens (including phenoxy) is 1. The smallest absolute Gasteiger partial charge is 0.253 e. The lowest BCUT2D eigenvalue weighted by molar-refractivity contribution is 0.147. The Morgan fingerprint density at radius 2 is 1.90 bits per heavy atom. The quantitative estimate of drug-likeness (QED) is 0.677. The van der Waals surface area contributed by atoms with Crippen LogP contribution in [0.2, 0.25) is 0 Å². The number of aromatic amines is 1. The van der Waals surface area contributed by atoms with E-state index in [1.54, 1.807) is 7.11 Å². The summed E-state index contributed by atoms with van der Waals surface area (Å²) in [6.45, 7) is 4.16. The fourth-order valence-electron chi connectivity index (χ4n) is 5.10. The van der Waals surface area contributed by atoms with Gasteiger partial charge in [-0.1, -0.05) is 19.8 Å². The number of nitrogens with one attached hydrogen (secondary N) is 1. The Hall–Kier alpha value is -2.74. The van der Waals surface area contributed by atoms with E-state index >= 15 is 0 Å². The lowest BCUT2D eigenvalue weighted by Gasteiger charge is -2.36. The van der Waals surface area contributed by atoms with Crippen molar-refractivity contribution < 1.29 is 4.74 Å². The van der Waals surface area contributed by atoms with Crippen LogP contribution in [0.5, 0.6) is 5.75 Å². The van der Waals surface area contributed by atoms with E-state index in [2.05, 4.69) is 32.3 Å². The van der Waals surface area contributed by atoms with Crippen LogP contribution in [0, 0.1) is 5.92 Å². The van der Waals surface area contributed by atoms with Crippen molar-refractivity contribution in [3.63, 3.8) is 0 Å². The van der Waals surface area contributed by atoms with Crippen LogP contribution >= 0.6 is 0 Å². The fourth-order valence-corrected chi connectivity index (χ4v) is 5.10. The molecule has 8 nitrogen and oxygen atoms in total. The van der Waals surface area contributed by atoms with E-state index in [1.165, 1.54) is 12.8 Å². The average molecular weight is 423 g/mol. The number of nitrogens with zero attached hydrogens (tertiary/aromatic N) is 5. The van der Waals surface area contributed by atoms with Gasteiger partial charge < -0.3 is 9.72 Å². The molecular weight excluding hydrogens is 392 g/mol. The van der Waals surface area contributed by atoms with Crippen LogP contribution in [0.25, 0.3) is 10.9 Å². The number of pyridine rings is 1. The summed E-state index contributed by atoms with van der Waals surface area (Å²) in [7, 11) is 1.63. The molecule has 0 unspecified atom stereocenters. The summed E-state index contributed by atoms with van der Waals surface area (Å²) < 4.78 is 7.31. The van der Waals surface area contributed by atoms with Gasteiger partial charge in [0.2, 0.25) is 0 Å². The van der Waals surface area contributed by atoms with E-state index in [4.69, 9.17) is 4.74 Å². The minimum absolute atomic E-state index is 0.0923. The predicted octanol–water partition coefficient (Wildman–Crippen LogP) is 3.46. The van der Waals surface area contributed by atoms with Gasteiger partial charge in [-0.3, -0.25) is 9.69 Å². The van der Waals surface area contributed by atoms with Crippen molar-refractivity contribution >= 4 is 10.9 Å². The molecule has 164 valence electrons. The van der Waals surface area contributed by atoms with Gasteiger partial charge >= 0.3 is 0 Å². The summed E-state index contributed by atoms with van der Waals surface area (Å²) in [5.41, 5.74) is 1.39. The van der Waals surface area contributed by atoms with Gasteiger partial charge in [-0.2, -0.15) is 0 Å². The molecule has 1 N–H and O–H groups in total. The second-order valence-electron chi connectivity index (χ2n) is 9.05. The third kappa shape index (κ3) is 3.84. The van der Waals surface area contributed by atoms with E-state index in [9.17, 15) is 4.79 Å². The molecule has 1 aliphatic heterocycles. The molecule has 1 saturated carbocycles. The van der Waals surface area contributed by atoms with Gasteiger partial charge in [0.15, 0.2) is 5.82 Å². The molecule has 0 spiro atoms. The van der Waals surface area contributed by atoms with Crippen LogP contribution in [0.1, 0.15) is 68.9 Å². The third-order valence-corrected chi connectivity index (χ3v) is 6.99. The topological polar surface area (TPSA) is 88.9 Å². The highest BCUT2D eigenvalue weighted by atomic mass is 16.5. The number of fused-ring (bicyclic) bond motifs is 1. The standard InChI is InChI=1S/C23H30N6O2/c1-15-9-11-28(12-10-15)21(22-25-26-27-29(22)17-5-3-4-6-17)19-13-16-7-8-18(31-2)14-20(16)24-23(19)30/h7-8,13-15,17,21H,3-6,9-12H2,1-2H3,(H,24,30)/t21-/m1/s1. The van der Waals surface area contributed by atoms with Gasteiger partial charge in [-0.25, -0.2) is 4.68 Å². The van der Waals surface area contributed by atoms with Crippen molar-refractivity contribution in [2.45, 2.75) is 57.5 Å². The van der Waals surface area contributed by atoms with Gasteiger partial charge in [0.05, 0.1) is 18.7 Å². The number of methoxy groups -OCH3 is 1. The predicted molar refractivity (Wildman–Crippen MR) is 118 cm³/mol. The Morgan fingerprint density at radius 3 is 2.65 bits per heavy atom. The van der Waals surface area contributed by atoms with Crippen molar-refractivity contribution in [2.24, 2.45) is 5.92 Å². The number of rotatable bonds is 5. The second-order valence-corrected chi connectivity index (χ2v) is 9.05. The van der Waals surface area contributed by atoms with Crippen molar-refractivity contribution in [1.29, 1.82) is 0 Å². The molecule has 8 heteroatoms. The van der Waals surface area contributed by atoms with Crippen LogP contribution in [-0.2, 0) is 0 Å². The van der Waals surface area contributed by atoms with Gasteiger partial charge in [0.25, 0.3) is 5.56 Å². The van der Waals surface area contributed by atoms with Crippen molar-refractivity contribution in [3.05, 3.63) is 46.0 Å². The van der Waals surface area contributed by atoms with Crippen molar-refractivity contribution in [1.82, 2.24) is 30.1 Å². The Kier molecular flexibility index (Phi) is 5.48. The van der Waals surface area contributed by atoms with Crippen LogP contribution < -0.4 is 10.3 Å². The molecule has 2 aromatic heterocycles. The van der Waals surface area contributed by atoms with Crippen LogP contribution in [-0.4, -0.2) is 50.3 Å². The van der Waals surface area contributed by atoms with Gasteiger partial charge in [-0.15, -0.1) is 5.10 Å². The van der Waals surface area contributed by atoms with Crippen molar-refractivity contribution in [2.75, 3.05) is 20.2 Å². The first-order valence-electron chi connectivity index (χ1n) is 11.4. The minimum atomic E-state index is -0.252. The SMILES string of the molecule is COc1ccc2cc([C@H](c3nnnn3C3CCCC3)N3CCC(C)CC3)c(=O)[nH]c2c1. The molecule has 1 aromatic carbocycles. The summed E-state index contributed by atoms with van der Waals surface area (Å²) in [6, 6.07) is 7.84. The van der Waals surface area contributed by atoms with E-state index in [1.807, 2.05) is 28.9 Å². The molecule has 5 rings (SSSR count). The molecule has 3 heterocycles. The third-order valence-electron chi connectivity index (χ3n) is 6.99. The molecular formula is C23H30N6O2. The number of benzene rings is 1. The molecule has 0 bridgehead atoms. The van der Waals surface area contributed by atoms with E-state index in [-0.39, 0.29) is 11.6 Å². The maximum atomic E-state index is 13.3. The lowest BCUT2D eigenvalue weighted by atomic mass is 9.95. The summed E-state index contributed by atoms with van der Waals surface area (Å²) in [5.74, 6) is 2.22. The minimum Gasteiger partial charge on any atom is -0.497 e. The summed E-state index contributed by atoms with van der Waals surface area (Å²) in [5, 5.41) is 13.9. The molecule has 0 amide bonds. The molecule has 2 aliphatic rings. The van der Waals surface area contributed by atoms with Gasteiger partial charge in [0.1, 0.15) is 11.8 Å². The highest BCUT2D eigenvalue weighted by Gasteiger charge is 2.34. The number of likely N-dealkylation sites (tertiary alicyclic amines) is 1. The highest BCUT2D eigenvalue weighted by molar-refractivity contribution is 5.80. The first-order chi connectivity index (χ1) is 15.1. The number of piperidine rings is 1. The largest absolute Gasteiger partial charge is 0.497 e. The normalized spacial score (nSPS) is 19.8. The molecule has 3 aromatic rings. The molecule has 2 fully saturated rings. The maximum Gasteiger partial charge on any atom is 0.253 e. The Bertz CT molecular complexity index is 1110. The highest BCUT2D eigenvalue weighted by Crippen LogP contribution is 2.35. The summed E-state index contributed by atoms with van der Waals surface area (Å²) >= 11 is 0. The molecule has 31 heavy (non-hydrogen) atoms. The van der Waals surface area contributed by atoms with E-state index in [0.717, 1.165) is 61.2 Å². The molecule has 1 atom stereocenters. The monoisotopic (exact) mass is 422 g/mol. The Morgan fingerprint density at radius 1 is 1.13 bits per heavy atom. The number of hydrogen-bond acceptors (Lipinski definition) is 6. The second kappa shape index (κ2) is 8.42. The fraction of sp³-hybridized carbons (Fsp3) is 0.565. The van der Waals surface area contributed by atoms with Crippen LogP contribution in [0.4, 0.5) is 0 Å². The zero-order chi connectivity index (χ0) is 21.4. The number of tetrazole rings is 1. The first kappa shape index (κ1) is 20.2. The van der Waals surface area contributed by atoms with Crippen molar-refractivity contribution in [3.8, 4) is 5.75 Å². The number of aromatic nitrogens is 5. The Balaban J connectivity index is 1.62. The van der Waals surface area contributed by atoms with Gasteiger partial charge in [-0.05, 0) is 78.7 Å². The zero-order valence-corrected chi connectivity index (χ0v) is 18.3. The molecule has 1 saturated heterocycles. The van der Waals surface area contributed by atoms with Crippen LogP contribution in [0.3, 0.4) is 0 Å². The Labute approximate surface area is 181 Å². The van der Waals surface area contributed by atoms with E-state index < -0.39 is 0 Å². The molecule has 1 aliphatic carbocycles. The zero-order valence-electron chi connectivity index (χ0n) is 18.3. The average Bonchev–Trinajstić information content (AvgIpc) is 3.47. The van der Waals surface area contributed by atoms with Gasteiger partial charge in [0, 0.05) is 11.6 Å². The summed E-state index contributed by atoms with van der Waals surface area (Å²) in [4.78, 5) is 18.8. The lowest BCUT2D eigenvalue weighted by Crippen LogP contribution is -2.40. The summed E-state index contributed by atoms with van der Waals surface area (Å²) in [6.07, 6.45) is 6.82. The molecule has 0 radical (unpaired) electrons. The van der Waals surface area contributed by atoms with Crippen LogP contribution in [0.15, 0.2) is 29.1 Å². The number of hydrogen-bond donors (Lipinski definition) is 1. The maximum absolute atomic E-state index is 13.3. The first-order valence-corrected chi connectivity index (χ1v) is 11.4.